The Morgan fingerprint density at radius 1 is 1.12 bits per heavy atom. The van der Waals surface area contributed by atoms with Crippen molar-refractivity contribution in [2.75, 3.05) is 7.11 Å². The number of methoxy groups -OCH3 is 1. The smallest absolute Gasteiger partial charge is 0.126 e. The number of nitrogens with two attached hydrogens (primary N) is 1. The van der Waals surface area contributed by atoms with Gasteiger partial charge in [-0.2, -0.15) is 0 Å². The van der Waals surface area contributed by atoms with Crippen molar-refractivity contribution in [2.24, 2.45) is 11.7 Å². The van der Waals surface area contributed by atoms with Gasteiger partial charge in [0.1, 0.15) is 5.75 Å². The molecule has 2 heteroatoms. The molecule has 88 valence electrons. The van der Waals surface area contributed by atoms with E-state index in [9.17, 15) is 0 Å². The topological polar surface area (TPSA) is 35.2 Å². The van der Waals surface area contributed by atoms with Gasteiger partial charge < -0.3 is 10.5 Å². The number of rotatable bonds is 3. The predicted molar refractivity (Wildman–Crippen MR) is 70.2 cm³/mol. The normalized spacial score (nSPS) is 17.1. The Bertz CT molecular complexity index is 546. The summed E-state index contributed by atoms with van der Waals surface area (Å²) in [7, 11) is 1.71. The lowest BCUT2D eigenvalue weighted by Gasteiger charge is -2.15. The van der Waals surface area contributed by atoms with Crippen molar-refractivity contribution >= 4 is 10.8 Å². The van der Waals surface area contributed by atoms with Crippen molar-refractivity contribution in [1.29, 1.82) is 0 Å². The number of benzene rings is 2. The van der Waals surface area contributed by atoms with E-state index in [0.29, 0.717) is 5.92 Å². The van der Waals surface area contributed by atoms with Crippen LogP contribution in [0.1, 0.15) is 24.4 Å². The number of hydrogen-bond donors (Lipinski definition) is 1. The van der Waals surface area contributed by atoms with E-state index in [-0.39, 0.29) is 6.04 Å². The van der Waals surface area contributed by atoms with Crippen molar-refractivity contribution in [1.82, 2.24) is 0 Å². The quantitative estimate of drug-likeness (QED) is 0.873. The third kappa shape index (κ3) is 1.79. The van der Waals surface area contributed by atoms with E-state index in [4.69, 9.17) is 10.5 Å². The molecule has 2 aromatic rings. The van der Waals surface area contributed by atoms with E-state index in [1.54, 1.807) is 7.11 Å². The lowest BCUT2D eigenvalue weighted by molar-refractivity contribution is 0.419. The molecule has 1 aliphatic carbocycles. The third-order valence-corrected chi connectivity index (χ3v) is 3.63. The van der Waals surface area contributed by atoms with Crippen LogP contribution in [0.4, 0.5) is 0 Å². The largest absolute Gasteiger partial charge is 0.496 e. The zero-order valence-electron chi connectivity index (χ0n) is 10.0. The Kier molecular flexibility index (Phi) is 2.52. The lowest BCUT2D eigenvalue weighted by atomic mass is 9.96. The summed E-state index contributed by atoms with van der Waals surface area (Å²) < 4.78 is 5.40. The molecule has 1 unspecified atom stereocenters. The highest BCUT2D eigenvalue weighted by molar-refractivity contribution is 5.91. The first kappa shape index (κ1) is 10.6. The molecule has 0 bridgehead atoms. The van der Waals surface area contributed by atoms with Gasteiger partial charge in [-0.15, -0.1) is 0 Å². The van der Waals surface area contributed by atoms with Crippen LogP contribution in [0, 0.1) is 5.92 Å². The Labute approximate surface area is 101 Å². The molecule has 17 heavy (non-hydrogen) atoms. The summed E-state index contributed by atoms with van der Waals surface area (Å²) in [5.41, 5.74) is 7.57. The highest BCUT2D eigenvalue weighted by Crippen LogP contribution is 2.42. The van der Waals surface area contributed by atoms with Crippen LogP contribution >= 0.6 is 0 Å². The summed E-state index contributed by atoms with van der Waals surface area (Å²) in [6, 6.07) is 12.6. The van der Waals surface area contributed by atoms with Crippen molar-refractivity contribution in [3.63, 3.8) is 0 Å². The monoisotopic (exact) mass is 227 g/mol. The average Bonchev–Trinajstić information content (AvgIpc) is 3.21. The van der Waals surface area contributed by atoms with Gasteiger partial charge in [-0.05, 0) is 35.8 Å². The first-order chi connectivity index (χ1) is 8.31. The Balaban J connectivity index is 2.18. The minimum Gasteiger partial charge on any atom is -0.496 e. The van der Waals surface area contributed by atoms with Gasteiger partial charge in [-0.3, -0.25) is 0 Å². The summed E-state index contributed by atoms with van der Waals surface area (Å²) in [4.78, 5) is 0. The molecule has 0 amide bonds. The maximum absolute atomic E-state index is 6.32. The summed E-state index contributed by atoms with van der Waals surface area (Å²) in [5.74, 6) is 1.60. The van der Waals surface area contributed by atoms with Crippen molar-refractivity contribution in [3.05, 3.63) is 42.0 Å². The SMILES string of the molecule is COc1ccc(C(N)C2CC2)c2ccccc12. The van der Waals surface area contributed by atoms with Crippen LogP contribution < -0.4 is 10.5 Å². The minimum absolute atomic E-state index is 0.172. The van der Waals surface area contributed by atoms with Gasteiger partial charge in [-0.25, -0.2) is 0 Å². The van der Waals surface area contributed by atoms with Gasteiger partial charge in [-0.1, -0.05) is 30.3 Å². The van der Waals surface area contributed by atoms with Crippen LogP contribution in [-0.4, -0.2) is 7.11 Å². The molecule has 0 saturated heterocycles. The van der Waals surface area contributed by atoms with Crippen molar-refractivity contribution < 1.29 is 4.74 Å². The second-order valence-electron chi connectivity index (χ2n) is 4.77. The highest BCUT2D eigenvalue weighted by Gasteiger charge is 2.30. The molecule has 3 rings (SSSR count). The maximum Gasteiger partial charge on any atom is 0.126 e. The summed E-state index contributed by atoms with van der Waals surface area (Å²) in [5, 5.41) is 2.38. The van der Waals surface area contributed by atoms with Gasteiger partial charge in [0.25, 0.3) is 0 Å². The fourth-order valence-electron chi connectivity index (χ4n) is 2.47. The van der Waals surface area contributed by atoms with E-state index < -0.39 is 0 Å². The van der Waals surface area contributed by atoms with Gasteiger partial charge in [0.15, 0.2) is 0 Å². The second-order valence-corrected chi connectivity index (χ2v) is 4.77. The van der Waals surface area contributed by atoms with E-state index in [2.05, 4.69) is 24.3 Å². The maximum atomic E-state index is 6.32. The Hall–Kier alpha value is -1.54. The molecular formula is C15H17NO. The first-order valence-corrected chi connectivity index (χ1v) is 6.12. The first-order valence-electron chi connectivity index (χ1n) is 6.12. The van der Waals surface area contributed by atoms with E-state index in [1.165, 1.54) is 23.8 Å². The van der Waals surface area contributed by atoms with Crippen LogP contribution in [-0.2, 0) is 0 Å². The molecule has 1 aliphatic rings. The lowest BCUT2D eigenvalue weighted by Crippen LogP contribution is -2.12. The van der Waals surface area contributed by atoms with Crippen LogP contribution in [0.25, 0.3) is 10.8 Å². The standard InChI is InChI=1S/C15H17NO/c1-17-14-9-8-13(15(16)10-6-7-10)11-4-2-3-5-12(11)14/h2-5,8-10,15H,6-7,16H2,1H3. The third-order valence-electron chi connectivity index (χ3n) is 3.63. The van der Waals surface area contributed by atoms with E-state index in [0.717, 1.165) is 11.1 Å². The average molecular weight is 227 g/mol. The van der Waals surface area contributed by atoms with Crippen molar-refractivity contribution in [2.45, 2.75) is 18.9 Å². The molecule has 0 heterocycles. The van der Waals surface area contributed by atoms with E-state index >= 15 is 0 Å². The fraction of sp³-hybridized carbons (Fsp3) is 0.333. The predicted octanol–water partition coefficient (Wildman–Crippen LogP) is 3.26. The molecule has 1 saturated carbocycles. The molecule has 0 aliphatic heterocycles. The Morgan fingerprint density at radius 3 is 2.47 bits per heavy atom. The van der Waals surface area contributed by atoms with Gasteiger partial charge in [0.05, 0.1) is 7.11 Å². The summed E-state index contributed by atoms with van der Waals surface area (Å²) in [6.07, 6.45) is 2.53. The highest BCUT2D eigenvalue weighted by atomic mass is 16.5. The fourth-order valence-corrected chi connectivity index (χ4v) is 2.47. The molecule has 0 aromatic heterocycles. The van der Waals surface area contributed by atoms with E-state index in [1.807, 2.05) is 12.1 Å². The molecule has 0 spiro atoms. The summed E-state index contributed by atoms with van der Waals surface area (Å²) >= 11 is 0. The minimum atomic E-state index is 0.172. The van der Waals surface area contributed by atoms with Crippen LogP contribution in [0.2, 0.25) is 0 Å². The number of fused-ring (bicyclic) bond motifs is 1. The van der Waals surface area contributed by atoms with Crippen molar-refractivity contribution in [3.8, 4) is 5.75 Å². The van der Waals surface area contributed by atoms with Gasteiger partial charge >= 0.3 is 0 Å². The number of hydrogen-bond acceptors (Lipinski definition) is 2. The van der Waals surface area contributed by atoms with Gasteiger partial charge in [0, 0.05) is 11.4 Å². The molecule has 2 N–H and O–H groups in total. The summed E-state index contributed by atoms with van der Waals surface area (Å²) in [6.45, 7) is 0. The zero-order chi connectivity index (χ0) is 11.8. The second kappa shape index (κ2) is 4.04. The number of ether oxygens (including phenoxy) is 1. The van der Waals surface area contributed by atoms with Crippen LogP contribution in [0.3, 0.4) is 0 Å². The molecular weight excluding hydrogens is 210 g/mol. The van der Waals surface area contributed by atoms with Gasteiger partial charge in [0.2, 0.25) is 0 Å². The molecule has 1 fully saturated rings. The molecule has 1 atom stereocenters. The Morgan fingerprint density at radius 2 is 1.82 bits per heavy atom. The zero-order valence-corrected chi connectivity index (χ0v) is 10.0. The van der Waals surface area contributed by atoms with Crippen LogP contribution in [0.5, 0.6) is 5.75 Å². The molecule has 0 radical (unpaired) electrons. The molecule has 2 aromatic carbocycles. The molecule has 2 nitrogen and oxygen atoms in total. The van der Waals surface area contributed by atoms with Crippen LogP contribution in [0.15, 0.2) is 36.4 Å².